The Hall–Kier alpha value is -2.50. The maximum absolute atomic E-state index is 10.1. The van der Waals surface area contributed by atoms with Crippen LogP contribution >= 0.6 is 11.6 Å². The van der Waals surface area contributed by atoms with Crippen LogP contribution in [0.15, 0.2) is 36.5 Å². The summed E-state index contributed by atoms with van der Waals surface area (Å²) >= 11 is 6.22. The standard InChI is InChI=1S/C25H29ClN3O2/c1-16(28(2)3)17-8-11-29(12-9-17)23-7-10-27-22-6-5-18(13-20(22)23)19-14-21(26)25(30)24(15-19)31-4/h5-6,10,13-17,30H,8-9,11-12H2,1-4H3. The van der Waals surface area contributed by atoms with E-state index in [9.17, 15) is 5.11 Å². The van der Waals surface area contributed by atoms with Crippen LogP contribution in [0.5, 0.6) is 11.5 Å². The van der Waals surface area contributed by atoms with Crippen molar-refractivity contribution in [1.29, 1.82) is 0 Å². The number of hydrogen-bond donors (Lipinski definition) is 1. The molecular formula is C25H29ClN3O2. The van der Waals surface area contributed by atoms with E-state index in [4.69, 9.17) is 16.3 Å². The minimum atomic E-state index is -0.0424. The van der Waals surface area contributed by atoms with Crippen molar-refractivity contribution in [3.8, 4) is 22.6 Å². The molecule has 0 amide bonds. The average molecular weight is 439 g/mol. The number of phenols is 1. The molecule has 3 aromatic rings. The third-order valence-corrected chi connectivity index (χ3v) is 6.88. The molecule has 1 atom stereocenters. The molecule has 4 rings (SSSR count). The van der Waals surface area contributed by atoms with Gasteiger partial charge in [-0.2, -0.15) is 0 Å². The highest BCUT2D eigenvalue weighted by atomic mass is 35.5. The van der Waals surface area contributed by atoms with E-state index in [-0.39, 0.29) is 10.8 Å². The third kappa shape index (κ3) is 4.30. The summed E-state index contributed by atoms with van der Waals surface area (Å²) in [5.74, 6) is 1.03. The summed E-state index contributed by atoms with van der Waals surface area (Å²) in [5, 5.41) is 11.4. The molecule has 1 aliphatic rings. The molecule has 0 saturated carbocycles. The molecule has 163 valence electrons. The van der Waals surface area contributed by atoms with Crippen LogP contribution in [0.25, 0.3) is 22.0 Å². The zero-order valence-electron chi connectivity index (χ0n) is 18.5. The van der Waals surface area contributed by atoms with Crippen molar-refractivity contribution in [1.82, 2.24) is 9.88 Å². The van der Waals surface area contributed by atoms with Gasteiger partial charge in [0.1, 0.15) is 0 Å². The van der Waals surface area contributed by atoms with Crippen LogP contribution in [0, 0.1) is 12.0 Å². The van der Waals surface area contributed by atoms with E-state index in [1.54, 1.807) is 18.3 Å². The lowest BCUT2D eigenvalue weighted by atomic mass is 9.89. The second kappa shape index (κ2) is 8.93. The number of anilines is 1. The van der Waals surface area contributed by atoms with Crippen molar-refractivity contribution in [2.45, 2.75) is 25.8 Å². The molecule has 2 aromatic carbocycles. The monoisotopic (exact) mass is 438 g/mol. The maximum Gasteiger partial charge on any atom is 0.176 e. The maximum atomic E-state index is 10.1. The van der Waals surface area contributed by atoms with Gasteiger partial charge >= 0.3 is 0 Å². The lowest BCUT2D eigenvalue weighted by molar-refractivity contribution is 0.199. The normalized spacial score (nSPS) is 16.1. The number of rotatable bonds is 5. The average Bonchev–Trinajstić information content (AvgIpc) is 2.79. The predicted molar refractivity (Wildman–Crippen MR) is 127 cm³/mol. The third-order valence-electron chi connectivity index (χ3n) is 6.59. The summed E-state index contributed by atoms with van der Waals surface area (Å²) in [6.45, 7) is 4.35. The summed E-state index contributed by atoms with van der Waals surface area (Å²) in [5.41, 5.74) is 3.92. The van der Waals surface area contributed by atoms with Crippen molar-refractivity contribution >= 4 is 28.2 Å². The summed E-state index contributed by atoms with van der Waals surface area (Å²) in [7, 11) is 5.84. The highest BCUT2D eigenvalue weighted by molar-refractivity contribution is 6.32. The lowest BCUT2D eigenvalue weighted by Gasteiger charge is -2.38. The molecule has 2 heterocycles. The molecule has 6 heteroatoms. The van der Waals surface area contributed by atoms with Gasteiger partial charge in [-0.1, -0.05) is 17.7 Å². The fraction of sp³-hybridized carbons (Fsp3) is 0.400. The van der Waals surface area contributed by atoms with Crippen LogP contribution in [0.4, 0.5) is 5.69 Å². The number of ether oxygens (including phenoxy) is 1. The predicted octanol–water partition coefficient (Wildman–Crippen LogP) is 5.24. The molecule has 1 aromatic heterocycles. The molecular weight excluding hydrogens is 410 g/mol. The second-order valence-electron chi connectivity index (χ2n) is 8.52. The SMILES string of the molecule is COc1cc(-c2ccc3nc[c]c(N4CCC(C(C)N(C)C)CC4)c3c2)cc(Cl)c1O. The summed E-state index contributed by atoms with van der Waals surface area (Å²) in [4.78, 5) is 9.27. The molecule has 1 radical (unpaired) electrons. The van der Waals surface area contributed by atoms with Crippen molar-refractivity contribution in [3.63, 3.8) is 0 Å². The highest BCUT2D eigenvalue weighted by Gasteiger charge is 2.26. The number of benzene rings is 2. The summed E-state index contributed by atoms with van der Waals surface area (Å²) in [6.07, 6.45) is 4.11. The fourth-order valence-corrected chi connectivity index (χ4v) is 4.65. The van der Waals surface area contributed by atoms with Crippen molar-refractivity contribution < 1.29 is 9.84 Å². The van der Waals surface area contributed by atoms with Crippen LogP contribution in [-0.4, -0.2) is 55.3 Å². The van der Waals surface area contributed by atoms with Crippen LogP contribution in [0.2, 0.25) is 5.02 Å². The first-order chi connectivity index (χ1) is 14.9. The lowest BCUT2D eigenvalue weighted by Crippen LogP contribution is -2.41. The van der Waals surface area contributed by atoms with E-state index < -0.39 is 0 Å². The first kappa shape index (κ1) is 21.7. The van der Waals surface area contributed by atoms with Crippen molar-refractivity contribution in [2.75, 3.05) is 39.2 Å². The number of nitrogens with zero attached hydrogens (tertiary/aromatic N) is 3. The minimum Gasteiger partial charge on any atom is -0.503 e. The molecule has 1 N–H and O–H groups in total. The molecule has 0 aliphatic carbocycles. The Morgan fingerprint density at radius 1 is 1.19 bits per heavy atom. The number of fused-ring (bicyclic) bond motifs is 1. The van der Waals surface area contributed by atoms with E-state index >= 15 is 0 Å². The van der Waals surface area contributed by atoms with Gasteiger partial charge in [0.2, 0.25) is 0 Å². The van der Waals surface area contributed by atoms with E-state index in [1.807, 2.05) is 12.1 Å². The second-order valence-corrected chi connectivity index (χ2v) is 8.93. The smallest absolute Gasteiger partial charge is 0.176 e. The van der Waals surface area contributed by atoms with Gasteiger partial charge in [0.05, 0.1) is 23.3 Å². The zero-order chi connectivity index (χ0) is 22.1. The molecule has 0 bridgehead atoms. The number of aromatic nitrogens is 1. The van der Waals surface area contributed by atoms with E-state index in [0.29, 0.717) is 17.7 Å². The number of phenolic OH excluding ortho intramolecular Hbond substituents is 1. The number of aromatic hydroxyl groups is 1. The van der Waals surface area contributed by atoms with Gasteiger partial charge in [-0.3, -0.25) is 4.98 Å². The van der Waals surface area contributed by atoms with Gasteiger partial charge in [-0.05, 0) is 75.2 Å². The molecule has 1 saturated heterocycles. The summed E-state index contributed by atoms with van der Waals surface area (Å²) in [6, 6.07) is 13.7. The molecule has 31 heavy (non-hydrogen) atoms. The summed E-state index contributed by atoms with van der Waals surface area (Å²) < 4.78 is 5.28. The van der Waals surface area contributed by atoms with Gasteiger partial charge in [0.15, 0.2) is 11.5 Å². The van der Waals surface area contributed by atoms with Crippen molar-refractivity contribution in [3.05, 3.63) is 47.6 Å². The van der Waals surface area contributed by atoms with Gasteiger partial charge < -0.3 is 19.6 Å². The Morgan fingerprint density at radius 2 is 1.94 bits per heavy atom. The highest BCUT2D eigenvalue weighted by Crippen LogP contribution is 2.40. The Bertz CT molecular complexity index is 1080. The van der Waals surface area contributed by atoms with Crippen LogP contribution in [-0.2, 0) is 0 Å². The Kier molecular flexibility index (Phi) is 6.26. The Balaban J connectivity index is 1.67. The number of hydrogen-bond acceptors (Lipinski definition) is 5. The van der Waals surface area contributed by atoms with E-state index in [1.165, 1.54) is 20.0 Å². The first-order valence-electron chi connectivity index (χ1n) is 10.7. The number of piperidine rings is 1. The van der Waals surface area contributed by atoms with Crippen LogP contribution in [0.1, 0.15) is 19.8 Å². The zero-order valence-corrected chi connectivity index (χ0v) is 19.3. The van der Waals surface area contributed by atoms with Crippen molar-refractivity contribution in [2.24, 2.45) is 5.92 Å². The number of halogens is 1. The molecule has 1 aliphatic heterocycles. The first-order valence-corrected chi connectivity index (χ1v) is 11.1. The van der Waals surface area contributed by atoms with Gasteiger partial charge in [0.25, 0.3) is 0 Å². The molecule has 1 fully saturated rings. The number of methoxy groups -OCH3 is 1. The van der Waals surface area contributed by atoms with E-state index in [2.05, 4.69) is 47.9 Å². The van der Waals surface area contributed by atoms with Gasteiger partial charge in [-0.15, -0.1) is 0 Å². The quantitative estimate of drug-likeness (QED) is 0.590. The largest absolute Gasteiger partial charge is 0.503 e. The molecule has 0 spiro atoms. The Morgan fingerprint density at radius 3 is 2.61 bits per heavy atom. The van der Waals surface area contributed by atoms with Gasteiger partial charge in [0, 0.05) is 36.8 Å². The molecule has 1 unspecified atom stereocenters. The molecule has 5 nitrogen and oxygen atoms in total. The Labute approximate surface area is 189 Å². The van der Waals surface area contributed by atoms with Crippen LogP contribution < -0.4 is 9.64 Å². The van der Waals surface area contributed by atoms with Gasteiger partial charge in [-0.25, -0.2) is 0 Å². The van der Waals surface area contributed by atoms with E-state index in [0.717, 1.165) is 40.8 Å². The minimum absolute atomic E-state index is 0.0424. The van der Waals surface area contributed by atoms with Crippen LogP contribution in [0.3, 0.4) is 0 Å². The fourth-order valence-electron chi connectivity index (χ4n) is 4.44. The number of pyridine rings is 1. The topological polar surface area (TPSA) is 48.8 Å².